The van der Waals surface area contributed by atoms with Crippen molar-refractivity contribution in [3.05, 3.63) is 29.3 Å². The van der Waals surface area contributed by atoms with Gasteiger partial charge in [-0.1, -0.05) is 23.9 Å². The first-order valence-corrected chi connectivity index (χ1v) is 9.48. The van der Waals surface area contributed by atoms with E-state index in [1.54, 1.807) is 11.3 Å². The molecule has 3 amide bonds. The fourth-order valence-corrected chi connectivity index (χ4v) is 5.08. The van der Waals surface area contributed by atoms with Crippen molar-refractivity contribution < 1.29 is 14.4 Å². The average Bonchev–Trinajstić information content (AvgIpc) is 3.25. The highest BCUT2D eigenvalue weighted by Gasteiger charge is 2.38. The number of rotatable bonds is 3. The summed E-state index contributed by atoms with van der Waals surface area (Å²) in [5.74, 6) is -0.451. The van der Waals surface area contributed by atoms with Crippen molar-refractivity contribution in [1.82, 2.24) is 15.2 Å². The van der Waals surface area contributed by atoms with Crippen LogP contribution in [0.1, 0.15) is 30.3 Å². The molecule has 24 heavy (non-hydrogen) atoms. The van der Waals surface area contributed by atoms with Crippen LogP contribution in [0.15, 0.2) is 24.3 Å². The van der Waals surface area contributed by atoms with Gasteiger partial charge in [0.15, 0.2) is 0 Å². The minimum absolute atomic E-state index is 0.0277. The fourth-order valence-electron chi connectivity index (χ4n) is 3.16. The second-order valence-corrected chi connectivity index (χ2v) is 8.09. The fraction of sp³-hybridized carbons (Fsp3) is 0.375. The standard InChI is InChI=1S/C16H15N3O3S2/c20-13(8-12-14(21)18-16(22)24-12)19-7-3-5-10(19)15-17-9-4-1-2-6-11(9)23-15/h1-2,4,6,10,12H,3,5,7-8H2,(H,18,21,22)/t10-,12-/m0/s1. The average molecular weight is 361 g/mol. The molecule has 1 aromatic heterocycles. The molecule has 0 saturated carbocycles. The summed E-state index contributed by atoms with van der Waals surface area (Å²) in [6.07, 6.45) is 1.87. The van der Waals surface area contributed by atoms with Crippen LogP contribution < -0.4 is 5.32 Å². The lowest BCUT2D eigenvalue weighted by atomic mass is 10.2. The van der Waals surface area contributed by atoms with Crippen LogP contribution in [-0.4, -0.2) is 38.7 Å². The number of likely N-dealkylation sites (tertiary alicyclic amines) is 1. The van der Waals surface area contributed by atoms with E-state index in [0.29, 0.717) is 6.54 Å². The minimum atomic E-state index is -0.610. The number of amides is 3. The highest BCUT2D eigenvalue weighted by atomic mass is 32.2. The lowest BCUT2D eigenvalue weighted by molar-refractivity contribution is -0.133. The van der Waals surface area contributed by atoms with Gasteiger partial charge in [-0.2, -0.15) is 0 Å². The van der Waals surface area contributed by atoms with Crippen molar-refractivity contribution in [1.29, 1.82) is 0 Å². The van der Waals surface area contributed by atoms with Gasteiger partial charge in [0.25, 0.3) is 5.24 Å². The van der Waals surface area contributed by atoms with Crippen molar-refractivity contribution in [3.63, 3.8) is 0 Å². The molecule has 6 nitrogen and oxygen atoms in total. The largest absolute Gasteiger partial charge is 0.333 e. The third kappa shape index (κ3) is 2.80. The van der Waals surface area contributed by atoms with Crippen LogP contribution in [-0.2, 0) is 9.59 Å². The van der Waals surface area contributed by atoms with Crippen LogP contribution in [0.4, 0.5) is 4.79 Å². The zero-order valence-electron chi connectivity index (χ0n) is 12.7. The SMILES string of the molecule is O=C1NC(=O)[C@H](CC(=O)N2CCC[C@H]2c2nc3ccccc3s2)S1. The molecule has 0 spiro atoms. The maximum absolute atomic E-state index is 12.7. The van der Waals surface area contributed by atoms with E-state index in [1.165, 1.54) is 0 Å². The zero-order valence-corrected chi connectivity index (χ0v) is 14.4. The van der Waals surface area contributed by atoms with Crippen molar-refractivity contribution in [2.75, 3.05) is 6.54 Å². The molecule has 2 atom stereocenters. The minimum Gasteiger partial charge on any atom is -0.333 e. The van der Waals surface area contributed by atoms with Crippen LogP contribution in [0.5, 0.6) is 0 Å². The number of carbonyl (C=O) groups excluding carboxylic acids is 3. The van der Waals surface area contributed by atoms with E-state index < -0.39 is 5.25 Å². The van der Waals surface area contributed by atoms with Gasteiger partial charge in [-0.3, -0.25) is 19.7 Å². The molecule has 0 aliphatic carbocycles. The number of thioether (sulfide) groups is 1. The van der Waals surface area contributed by atoms with E-state index in [9.17, 15) is 14.4 Å². The Morgan fingerprint density at radius 2 is 2.17 bits per heavy atom. The molecule has 2 aliphatic rings. The van der Waals surface area contributed by atoms with Gasteiger partial charge in [0.2, 0.25) is 11.8 Å². The van der Waals surface area contributed by atoms with Gasteiger partial charge >= 0.3 is 0 Å². The summed E-state index contributed by atoms with van der Waals surface area (Å²) >= 11 is 2.52. The molecule has 1 N–H and O–H groups in total. The molecular formula is C16H15N3O3S2. The lowest BCUT2D eigenvalue weighted by Crippen LogP contribution is -2.34. The number of imide groups is 1. The van der Waals surface area contributed by atoms with E-state index >= 15 is 0 Å². The van der Waals surface area contributed by atoms with E-state index in [0.717, 1.165) is 39.8 Å². The Labute approximate surface area is 146 Å². The number of hydrogen-bond donors (Lipinski definition) is 1. The van der Waals surface area contributed by atoms with Gasteiger partial charge in [-0.15, -0.1) is 11.3 Å². The predicted molar refractivity (Wildman–Crippen MR) is 92.8 cm³/mol. The molecule has 3 heterocycles. The zero-order chi connectivity index (χ0) is 16.7. The van der Waals surface area contributed by atoms with Crippen molar-refractivity contribution >= 4 is 50.4 Å². The number of hydrogen-bond acceptors (Lipinski definition) is 6. The normalized spacial score (nSPS) is 23.9. The Kier molecular flexibility index (Phi) is 4.01. The molecular weight excluding hydrogens is 346 g/mol. The van der Waals surface area contributed by atoms with E-state index in [4.69, 9.17) is 0 Å². The maximum Gasteiger partial charge on any atom is 0.286 e. The van der Waals surface area contributed by atoms with Gasteiger partial charge in [0, 0.05) is 13.0 Å². The van der Waals surface area contributed by atoms with Gasteiger partial charge in [0.1, 0.15) is 10.3 Å². The molecule has 0 unspecified atom stereocenters. The molecule has 2 aromatic rings. The van der Waals surface area contributed by atoms with Crippen molar-refractivity contribution in [3.8, 4) is 0 Å². The van der Waals surface area contributed by atoms with Crippen molar-refractivity contribution in [2.45, 2.75) is 30.6 Å². The second kappa shape index (κ2) is 6.18. The van der Waals surface area contributed by atoms with Crippen LogP contribution >= 0.6 is 23.1 Å². The van der Waals surface area contributed by atoms with E-state index in [2.05, 4.69) is 10.3 Å². The summed E-state index contributed by atoms with van der Waals surface area (Å²) in [5.41, 5.74) is 0.952. The van der Waals surface area contributed by atoms with Crippen LogP contribution in [0, 0.1) is 0 Å². The van der Waals surface area contributed by atoms with Gasteiger partial charge in [-0.05, 0) is 25.0 Å². The summed E-state index contributed by atoms with van der Waals surface area (Å²) in [5, 5.41) is 2.19. The number of nitrogens with zero attached hydrogens (tertiary/aromatic N) is 2. The monoisotopic (exact) mass is 361 g/mol. The molecule has 0 bridgehead atoms. The van der Waals surface area contributed by atoms with Gasteiger partial charge in [-0.25, -0.2) is 4.98 Å². The van der Waals surface area contributed by atoms with E-state index in [1.807, 2.05) is 29.2 Å². The molecule has 2 saturated heterocycles. The summed E-state index contributed by atoms with van der Waals surface area (Å²) in [4.78, 5) is 42.1. The number of benzene rings is 1. The number of carbonyl (C=O) groups is 3. The third-order valence-electron chi connectivity index (χ3n) is 4.30. The molecule has 2 fully saturated rings. The number of para-hydroxylation sites is 1. The van der Waals surface area contributed by atoms with Crippen LogP contribution in [0.25, 0.3) is 10.2 Å². The maximum atomic E-state index is 12.7. The Morgan fingerprint density at radius 1 is 1.33 bits per heavy atom. The quantitative estimate of drug-likeness (QED) is 0.909. The van der Waals surface area contributed by atoms with Gasteiger partial charge in [0.05, 0.1) is 16.3 Å². The number of aromatic nitrogens is 1. The van der Waals surface area contributed by atoms with Gasteiger partial charge < -0.3 is 4.90 Å². The summed E-state index contributed by atoms with van der Waals surface area (Å²) < 4.78 is 1.11. The molecule has 8 heteroatoms. The molecule has 1 aromatic carbocycles. The van der Waals surface area contributed by atoms with Crippen LogP contribution in [0.2, 0.25) is 0 Å². The lowest BCUT2D eigenvalue weighted by Gasteiger charge is -2.23. The highest BCUT2D eigenvalue weighted by Crippen LogP contribution is 2.37. The topological polar surface area (TPSA) is 79.4 Å². The smallest absolute Gasteiger partial charge is 0.286 e. The Hall–Kier alpha value is -1.93. The first kappa shape index (κ1) is 15.6. The molecule has 2 aliphatic heterocycles. The second-order valence-electron chi connectivity index (χ2n) is 5.85. The summed E-state index contributed by atoms with van der Waals surface area (Å²) in [6.45, 7) is 0.673. The highest BCUT2D eigenvalue weighted by molar-refractivity contribution is 8.15. The molecule has 124 valence electrons. The Morgan fingerprint density at radius 3 is 2.92 bits per heavy atom. The molecule has 4 rings (SSSR count). The number of thiazole rings is 1. The summed E-state index contributed by atoms with van der Waals surface area (Å²) in [6, 6.07) is 7.91. The van der Waals surface area contributed by atoms with Crippen molar-refractivity contribution in [2.24, 2.45) is 0 Å². The van der Waals surface area contributed by atoms with E-state index in [-0.39, 0.29) is 29.5 Å². The Balaban J connectivity index is 1.52. The number of nitrogens with one attached hydrogen (secondary N) is 1. The molecule has 0 radical (unpaired) electrons. The predicted octanol–water partition coefficient (Wildman–Crippen LogP) is 2.70. The first-order valence-electron chi connectivity index (χ1n) is 7.78. The summed E-state index contributed by atoms with van der Waals surface area (Å²) in [7, 11) is 0. The third-order valence-corrected chi connectivity index (χ3v) is 6.41. The Bertz CT molecular complexity index is 802. The first-order chi connectivity index (χ1) is 11.6. The number of fused-ring (bicyclic) bond motifs is 1. The van der Waals surface area contributed by atoms with Crippen LogP contribution in [0.3, 0.4) is 0 Å².